The van der Waals surface area contributed by atoms with Crippen LogP contribution in [0.15, 0.2) is 66.7 Å². The van der Waals surface area contributed by atoms with Gasteiger partial charge in [0, 0.05) is 18.7 Å². The predicted octanol–water partition coefficient (Wildman–Crippen LogP) is 8.44. The number of benzene rings is 2. The number of carbonyl (C=O) groups excluding carboxylic acids is 1. The van der Waals surface area contributed by atoms with Crippen LogP contribution in [-0.4, -0.2) is 35.2 Å². The van der Waals surface area contributed by atoms with E-state index in [4.69, 9.17) is 9.47 Å². The van der Waals surface area contributed by atoms with Gasteiger partial charge in [-0.25, -0.2) is 0 Å². The maximum atomic E-state index is 12.6. The first-order valence-electron chi connectivity index (χ1n) is 15.8. The molecule has 1 amide bonds. The van der Waals surface area contributed by atoms with Crippen molar-refractivity contribution >= 4 is 29.7 Å². The normalized spacial score (nSPS) is 11.7. The second kappa shape index (κ2) is 18.0. The third kappa shape index (κ3) is 11.6. The summed E-state index contributed by atoms with van der Waals surface area (Å²) < 4.78 is 11.7. The SMILES string of the molecule is CCC(CC)(CC(=O)Nc1cccc(C=Cc2cccc(COCCCCc3ccc(OCCC(C)C)cc3)n2)c1)C(=O)O. The van der Waals surface area contributed by atoms with Crippen LogP contribution in [0.5, 0.6) is 5.75 Å². The summed E-state index contributed by atoms with van der Waals surface area (Å²) in [6.07, 6.45) is 8.71. The summed E-state index contributed by atoms with van der Waals surface area (Å²) in [5.41, 5.74) is 3.47. The Morgan fingerprint density at radius 3 is 2.41 bits per heavy atom. The van der Waals surface area contributed by atoms with Gasteiger partial charge in [0.15, 0.2) is 0 Å². The van der Waals surface area contributed by atoms with Crippen LogP contribution >= 0.6 is 0 Å². The third-order valence-corrected chi connectivity index (χ3v) is 7.89. The maximum absolute atomic E-state index is 12.6. The Morgan fingerprint density at radius 2 is 1.70 bits per heavy atom. The number of hydrogen-bond acceptors (Lipinski definition) is 5. The first-order chi connectivity index (χ1) is 21.2. The first-order valence-corrected chi connectivity index (χ1v) is 15.8. The Kier molecular flexibility index (Phi) is 14.1. The van der Waals surface area contributed by atoms with Gasteiger partial charge in [0.05, 0.1) is 30.0 Å². The zero-order valence-corrected chi connectivity index (χ0v) is 26.7. The number of nitrogens with zero attached hydrogens (tertiary/aromatic N) is 1. The number of rotatable bonds is 19. The van der Waals surface area contributed by atoms with Gasteiger partial charge in [-0.1, -0.05) is 64.1 Å². The number of aryl methyl sites for hydroxylation is 1. The Morgan fingerprint density at radius 1 is 0.955 bits per heavy atom. The molecule has 2 N–H and O–H groups in total. The molecule has 0 atom stereocenters. The molecule has 0 radical (unpaired) electrons. The van der Waals surface area contributed by atoms with E-state index in [9.17, 15) is 14.7 Å². The van der Waals surface area contributed by atoms with Crippen molar-refractivity contribution in [1.29, 1.82) is 0 Å². The number of carboxylic acids is 1. The number of unbranched alkanes of at least 4 members (excludes halogenated alkanes) is 1. The molecule has 236 valence electrons. The van der Waals surface area contributed by atoms with E-state index < -0.39 is 11.4 Å². The van der Waals surface area contributed by atoms with E-state index in [1.807, 2.05) is 48.6 Å². The van der Waals surface area contributed by atoms with E-state index in [1.54, 1.807) is 19.9 Å². The lowest BCUT2D eigenvalue weighted by Crippen LogP contribution is -2.34. The molecule has 7 nitrogen and oxygen atoms in total. The fourth-order valence-corrected chi connectivity index (χ4v) is 4.84. The van der Waals surface area contributed by atoms with Crippen LogP contribution in [-0.2, 0) is 27.4 Å². The third-order valence-electron chi connectivity index (χ3n) is 7.89. The Hall–Kier alpha value is -3.97. The lowest BCUT2D eigenvalue weighted by Gasteiger charge is -2.25. The molecule has 7 heteroatoms. The van der Waals surface area contributed by atoms with Crippen molar-refractivity contribution < 1.29 is 24.2 Å². The number of ether oxygens (including phenoxy) is 2. The zero-order chi connectivity index (χ0) is 31.8. The molecule has 3 rings (SSSR count). The largest absolute Gasteiger partial charge is 0.494 e. The second-order valence-electron chi connectivity index (χ2n) is 11.7. The van der Waals surface area contributed by atoms with Crippen molar-refractivity contribution in [2.45, 2.75) is 79.2 Å². The van der Waals surface area contributed by atoms with Gasteiger partial charge in [0.1, 0.15) is 5.75 Å². The molecule has 0 aliphatic rings. The molecule has 0 aliphatic carbocycles. The van der Waals surface area contributed by atoms with E-state index in [2.05, 4.69) is 48.4 Å². The Balaban J connectivity index is 1.41. The van der Waals surface area contributed by atoms with Gasteiger partial charge < -0.3 is 19.9 Å². The molecule has 1 heterocycles. The van der Waals surface area contributed by atoms with Crippen LogP contribution < -0.4 is 10.1 Å². The summed E-state index contributed by atoms with van der Waals surface area (Å²) in [6.45, 7) is 9.91. The second-order valence-corrected chi connectivity index (χ2v) is 11.7. The average Bonchev–Trinajstić information content (AvgIpc) is 3.01. The summed E-state index contributed by atoms with van der Waals surface area (Å²) in [7, 11) is 0. The number of nitrogens with one attached hydrogen (secondary N) is 1. The van der Waals surface area contributed by atoms with E-state index in [0.29, 0.717) is 37.7 Å². The Bertz CT molecular complexity index is 1350. The predicted molar refractivity (Wildman–Crippen MR) is 177 cm³/mol. The molecule has 0 unspecified atom stereocenters. The van der Waals surface area contributed by atoms with Gasteiger partial charge >= 0.3 is 5.97 Å². The number of amides is 1. The fourth-order valence-electron chi connectivity index (χ4n) is 4.84. The number of aromatic nitrogens is 1. The molecular formula is C37H48N2O5. The first kappa shape index (κ1) is 34.5. The standard InChI is InChI=1S/C37H48N2O5/c1-5-37(6-2,36(41)42)26-35(40)39-32-14-9-12-30(25-32)16-19-31-13-10-15-33(38-31)27-43-23-8-7-11-29-17-20-34(21-18-29)44-24-22-28(3)4/h9-10,12-21,25,28H,5-8,11,22-24,26-27H2,1-4H3,(H,39,40)(H,41,42). The molecule has 0 bridgehead atoms. The van der Waals surface area contributed by atoms with Crippen molar-refractivity contribution in [1.82, 2.24) is 4.98 Å². The minimum atomic E-state index is -1.04. The quantitative estimate of drug-likeness (QED) is 0.134. The minimum Gasteiger partial charge on any atom is -0.494 e. The highest BCUT2D eigenvalue weighted by Crippen LogP contribution is 2.31. The molecular weight excluding hydrogens is 552 g/mol. The summed E-state index contributed by atoms with van der Waals surface area (Å²) in [5.74, 6) is 0.343. The van der Waals surface area contributed by atoms with Crippen LogP contribution in [0.3, 0.4) is 0 Å². The monoisotopic (exact) mass is 600 g/mol. The molecule has 3 aromatic rings. The molecule has 0 fully saturated rings. The molecule has 0 aliphatic heterocycles. The van der Waals surface area contributed by atoms with Crippen LogP contribution in [0.25, 0.3) is 12.2 Å². The molecule has 0 saturated carbocycles. The number of pyridine rings is 1. The van der Waals surface area contributed by atoms with Gasteiger partial charge in [0.2, 0.25) is 5.91 Å². The highest BCUT2D eigenvalue weighted by molar-refractivity contribution is 5.94. The van der Waals surface area contributed by atoms with Crippen LogP contribution in [0.2, 0.25) is 0 Å². The number of hydrogen-bond donors (Lipinski definition) is 2. The Labute approximate surface area is 262 Å². The molecule has 44 heavy (non-hydrogen) atoms. The smallest absolute Gasteiger partial charge is 0.310 e. The van der Waals surface area contributed by atoms with Crippen LogP contribution in [0.1, 0.15) is 88.7 Å². The summed E-state index contributed by atoms with van der Waals surface area (Å²) in [6, 6.07) is 21.7. The van der Waals surface area contributed by atoms with E-state index in [-0.39, 0.29) is 12.3 Å². The topological polar surface area (TPSA) is 97.8 Å². The van der Waals surface area contributed by atoms with Crippen molar-refractivity contribution in [2.75, 3.05) is 18.5 Å². The van der Waals surface area contributed by atoms with Gasteiger partial charge in [-0.05, 0) is 98.0 Å². The van der Waals surface area contributed by atoms with Gasteiger partial charge in [0.25, 0.3) is 0 Å². The van der Waals surface area contributed by atoms with E-state index in [1.165, 1.54) is 5.56 Å². The van der Waals surface area contributed by atoms with Crippen molar-refractivity contribution in [3.8, 4) is 5.75 Å². The summed E-state index contributed by atoms with van der Waals surface area (Å²) >= 11 is 0. The number of carbonyl (C=O) groups is 2. The molecule has 0 saturated heterocycles. The van der Waals surface area contributed by atoms with E-state index in [0.717, 1.165) is 55.0 Å². The number of anilines is 1. The fraction of sp³-hybridized carbons (Fsp3) is 0.432. The highest BCUT2D eigenvalue weighted by atomic mass is 16.5. The van der Waals surface area contributed by atoms with Crippen LogP contribution in [0, 0.1) is 11.3 Å². The number of aliphatic carboxylic acids is 1. The minimum absolute atomic E-state index is 0.0589. The lowest BCUT2D eigenvalue weighted by atomic mass is 9.79. The molecule has 2 aromatic carbocycles. The van der Waals surface area contributed by atoms with Crippen LogP contribution in [0.4, 0.5) is 5.69 Å². The maximum Gasteiger partial charge on any atom is 0.310 e. The summed E-state index contributed by atoms with van der Waals surface area (Å²) in [5, 5.41) is 12.5. The molecule has 0 spiro atoms. The molecule has 1 aromatic heterocycles. The van der Waals surface area contributed by atoms with Crippen molar-refractivity contribution in [2.24, 2.45) is 11.3 Å². The van der Waals surface area contributed by atoms with Gasteiger partial charge in [-0.2, -0.15) is 0 Å². The highest BCUT2D eigenvalue weighted by Gasteiger charge is 2.37. The van der Waals surface area contributed by atoms with Crippen molar-refractivity contribution in [3.05, 3.63) is 89.2 Å². The average molecular weight is 601 g/mol. The lowest BCUT2D eigenvalue weighted by molar-refractivity contribution is -0.151. The van der Waals surface area contributed by atoms with Gasteiger partial charge in [-0.15, -0.1) is 0 Å². The zero-order valence-electron chi connectivity index (χ0n) is 26.7. The van der Waals surface area contributed by atoms with Gasteiger partial charge in [-0.3, -0.25) is 14.6 Å². The van der Waals surface area contributed by atoms with Crippen molar-refractivity contribution in [3.63, 3.8) is 0 Å². The number of carboxylic acid groups (broad SMARTS) is 1. The van der Waals surface area contributed by atoms with E-state index >= 15 is 0 Å². The summed E-state index contributed by atoms with van der Waals surface area (Å²) in [4.78, 5) is 29.1.